The van der Waals surface area contributed by atoms with Crippen LogP contribution in [0.3, 0.4) is 0 Å². The molecule has 0 unspecified atom stereocenters. The molecule has 2 aromatic carbocycles. The summed E-state index contributed by atoms with van der Waals surface area (Å²) >= 11 is 0. The maximum Gasteiger partial charge on any atom is 0.573 e. The van der Waals surface area contributed by atoms with Crippen LogP contribution in [0.1, 0.15) is 18.4 Å². The summed E-state index contributed by atoms with van der Waals surface area (Å²) in [6.45, 7) is 0.564. The monoisotopic (exact) mass is 378 g/mol. The van der Waals surface area contributed by atoms with Gasteiger partial charge in [0.05, 0.1) is 12.8 Å². The third kappa shape index (κ3) is 4.36. The van der Waals surface area contributed by atoms with Gasteiger partial charge in [0.2, 0.25) is 0 Å². The fourth-order valence-corrected chi connectivity index (χ4v) is 3.21. The van der Waals surface area contributed by atoms with Gasteiger partial charge in [-0.3, -0.25) is 0 Å². The number of aromatic amines is 1. The molecule has 0 aliphatic rings. The van der Waals surface area contributed by atoms with Gasteiger partial charge in [0.15, 0.2) is 0 Å². The minimum absolute atomic E-state index is 0.236. The Morgan fingerprint density at radius 1 is 1.07 bits per heavy atom. The molecule has 0 bridgehead atoms. The van der Waals surface area contributed by atoms with Crippen LogP contribution in [0.2, 0.25) is 0 Å². The number of nitrogens with one attached hydrogen (secondary N) is 1. The van der Waals surface area contributed by atoms with E-state index in [0.717, 1.165) is 35.2 Å². The first kappa shape index (κ1) is 19.1. The second kappa shape index (κ2) is 7.92. The van der Waals surface area contributed by atoms with E-state index in [0.29, 0.717) is 24.1 Å². The van der Waals surface area contributed by atoms with Gasteiger partial charge in [0.25, 0.3) is 0 Å². The molecule has 0 fully saturated rings. The van der Waals surface area contributed by atoms with Crippen molar-refractivity contribution in [3.63, 3.8) is 0 Å². The zero-order valence-electron chi connectivity index (χ0n) is 14.9. The van der Waals surface area contributed by atoms with Crippen molar-refractivity contribution in [1.29, 1.82) is 0 Å². The van der Waals surface area contributed by atoms with Crippen LogP contribution in [0.25, 0.3) is 22.2 Å². The highest BCUT2D eigenvalue weighted by molar-refractivity contribution is 5.92. The molecule has 4 nitrogen and oxygen atoms in total. The number of para-hydroxylation sites is 1. The number of H-pyrrole nitrogens is 1. The van der Waals surface area contributed by atoms with Gasteiger partial charge in [-0.05, 0) is 61.7 Å². The van der Waals surface area contributed by atoms with Gasteiger partial charge in [-0.15, -0.1) is 13.2 Å². The number of methoxy groups -OCH3 is 1. The molecule has 3 aromatic rings. The SMILES string of the molecule is COc1ccccc1-c1[nH]c2ccc(OC(F)(F)F)cc2c1CCCCN. The van der Waals surface area contributed by atoms with Crippen LogP contribution in [0, 0.1) is 0 Å². The van der Waals surface area contributed by atoms with Gasteiger partial charge >= 0.3 is 6.36 Å². The van der Waals surface area contributed by atoms with Crippen molar-refractivity contribution in [2.45, 2.75) is 25.6 Å². The van der Waals surface area contributed by atoms with E-state index in [1.165, 1.54) is 12.1 Å². The van der Waals surface area contributed by atoms with Crippen LogP contribution in [-0.2, 0) is 6.42 Å². The zero-order chi connectivity index (χ0) is 19.4. The largest absolute Gasteiger partial charge is 0.573 e. The number of aromatic nitrogens is 1. The predicted molar refractivity (Wildman–Crippen MR) is 99.0 cm³/mol. The molecule has 144 valence electrons. The van der Waals surface area contributed by atoms with Crippen molar-refractivity contribution in [2.75, 3.05) is 13.7 Å². The lowest BCUT2D eigenvalue weighted by Gasteiger charge is -2.10. The number of aryl methyl sites for hydroxylation is 1. The number of hydrogen-bond donors (Lipinski definition) is 2. The fourth-order valence-electron chi connectivity index (χ4n) is 3.21. The molecule has 3 rings (SSSR count). The summed E-state index contributed by atoms with van der Waals surface area (Å²) in [5.74, 6) is 0.455. The molecule has 0 radical (unpaired) electrons. The highest BCUT2D eigenvalue weighted by Gasteiger charge is 2.31. The third-order valence-electron chi connectivity index (χ3n) is 4.37. The van der Waals surface area contributed by atoms with Gasteiger partial charge in [-0.2, -0.15) is 0 Å². The minimum Gasteiger partial charge on any atom is -0.496 e. The van der Waals surface area contributed by atoms with Crippen LogP contribution in [0.15, 0.2) is 42.5 Å². The first-order valence-electron chi connectivity index (χ1n) is 8.66. The first-order valence-corrected chi connectivity index (χ1v) is 8.66. The van der Waals surface area contributed by atoms with Gasteiger partial charge < -0.3 is 20.2 Å². The van der Waals surface area contributed by atoms with Crippen molar-refractivity contribution in [2.24, 2.45) is 5.73 Å². The summed E-state index contributed by atoms with van der Waals surface area (Å²) in [7, 11) is 1.59. The summed E-state index contributed by atoms with van der Waals surface area (Å²) in [6, 6.07) is 11.9. The van der Waals surface area contributed by atoms with E-state index >= 15 is 0 Å². The number of ether oxygens (including phenoxy) is 2. The number of alkyl halides is 3. The lowest BCUT2D eigenvalue weighted by atomic mass is 9.99. The van der Waals surface area contributed by atoms with Crippen molar-refractivity contribution in [3.05, 3.63) is 48.0 Å². The maximum absolute atomic E-state index is 12.6. The average molecular weight is 378 g/mol. The number of benzene rings is 2. The summed E-state index contributed by atoms with van der Waals surface area (Å²) in [5.41, 5.74) is 8.96. The van der Waals surface area contributed by atoms with Crippen molar-refractivity contribution < 1.29 is 22.6 Å². The number of unbranched alkanes of at least 4 members (excludes halogenated alkanes) is 1. The molecule has 0 saturated heterocycles. The molecular formula is C20H21F3N2O2. The zero-order valence-corrected chi connectivity index (χ0v) is 14.9. The quantitative estimate of drug-likeness (QED) is 0.567. The lowest BCUT2D eigenvalue weighted by molar-refractivity contribution is -0.274. The van der Waals surface area contributed by atoms with E-state index in [2.05, 4.69) is 9.72 Å². The number of fused-ring (bicyclic) bond motifs is 1. The van der Waals surface area contributed by atoms with Gasteiger partial charge in [0.1, 0.15) is 11.5 Å². The number of hydrogen-bond acceptors (Lipinski definition) is 3. The van der Waals surface area contributed by atoms with Gasteiger partial charge in [0, 0.05) is 16.5 Å². The Kier molecular flexibility index (Phi) is 5.60. The summed E-state index contributed by atoms with van der Waals surface area (Å²) in [5, 5.41) is 0.703. The summed E-state index contributed by atoms with van der Waals surface area (Å²) in [4.78, 5) is 3.32. The van der Waals surface area contributed by atoms with E-state index < -0.39 is 6.36 Å². The number of nitrogens with two attached hydrogens (primary N) is 1. The van der Waals surface area contributed by atoms with E-state index in [1.54, 1.807) is 13.2 Å². The Hall–Kier alpha value is -2.67. The molecule has 0 saturated carbocycles. The van der Waals surface area contributed by atoms with E-state index in [4.69, 9.17) is 10.5 Å². The predicted octanol–water partition coefficient (Wildman–Crippen LogP) is 5.02. The normalized spacial score (nSPS) is 11.7. The standard InChI is InChI=1S/C20H21F3N2O2/c1-26-18-8-3-2-7-15(18)19-14(6-4-5-11-24)16-12-13(27-20(21,22)23)9-10-17(16)25-19/h2-3,7-10,12,25H,4-6,11,24H2,1H3. The summed E-state index contributed by atoms with van der Waals surface area (Å²) in [6.07, 6.45) is -2.39. The Morgan fingerprint density at radius 2 is 1.85 bits per heavy atom. The minimum atomic E-state index is -4.73. The Bertz CT molecular complexity index is 919. The number of rotatable bonds is 7. The summed E-state index contributed by atoms with van der Waals surface area (Å²) < 4.78 is 47.3. The Morgan fingerprint density at radius 3 is 2.56 bits per heavy atom. The molecule has 7 heteroatoms. The van der Waals surface area contributed by atoms with Crippen molar-refractivity contribution in [3.8, 4) is 22.8 Å². The topological polar surface area (TPSA) is 60.3 Å². The first-order chi connectivity index (χ1) is 12.9. The van der Waals surface area contributed by atoms with Crippen LogP contribution >= 0.6 is 0 Å². The molecule has 27 heavy (non-hydrogen) atoms. The van der Waals surface area contributed by atoms with Crippen LogP contribution < -0.4 is 15.2 Å². The molecule has 0 atom stereocenters. The molecule has 0 aliphatic carbocycles. The highest BCUT2D eigenvalue weighted by atomic mass is 19.4. The Labute approximate surface area is 155 Å². The average Bonchev–Trinajstić information content (AvgIpc) is 2.98. The molecule has 0 spiro atoms. The molecule has 1 aromatic heterocycles. The van der Waals surface area contributed by atoms with Crippen LogP contribution in [0.5, 0.6) is 11.5 Å². The van der Waals surface area contributed by atoms with E-state index in [-0.39, 0.29) is 5.75 Å². The van der Waals surface area contributed by atoms with E-state index in [9.17, 15) is 13.2 Å². The lowest BCUT2D eigenvalue weighted by Crippen LogP contribution is -2.16. The van der Waals surface area contributed by atoms with Gasteiger partial charge in [-0.25, -0.2) is 0 Å². The molecule has 0 aliphatic heterocycles. The molecular weight excluding hydrogens is 357 g/mol. The van der Waals surface area contributed by atoms with Crippen molar-refractivity contribution in [1.82, 2.24) is 4.98 Å². The molecule has 1 heterocycles. The molecule has 3 N–H and O–H groups in total. The fraction of sp³-hybridized carbons (Fsp3) is 0.300. The second-order valence-electron chi connectivity index (χ2n) is 6.18. The third-order valence-corrected chi connectivity index (χ3v) is 4.37. The Balaban J connectivity index is 2.13. The smallest absolute Gasteiger partial charge is 0.496 e. The molecule has 0 amide bonds. The number of halogens is 3. The van der Waals surface area contributed by atoms with Crippen LogP contribution in [-0.4, -0.2) is 25.0 Å². The maximum atomic E-state index is 12.6. The second-order valence-corrected chi connectivity index (χ2v) is 6.18. The highest BCUT2D eigenvalue weighted by Crippen LogP contribution is 2.38. The van der Waals surface area contributed by atoms with Crippen molar-refractivity contribution >= 4 is 10.9 Å². The van der Waals surface area contributed by atoms with Crippen LogP contribution in [0.4, 0.5) is 13.2 Å². The van der Waals surface area contributed by atoms with Gasteiger partial charge in [-0.1, -0.05) is 12.1 Å². The van der Waals surface area contributed by atoms with E-state index in [1.807, 2.05) is 24.3 Å².